The molecule has 0 spiro atoms. The van der Waals surface area contributed by atoms with E-state index in [0.717, 1.165) is 4.31 Å². The molecule has 1 aromatic carbocycles. The van der Waals surface area contributed by atoms with Crippen LogP contribution in [-0.2, 0) is 19.6 Å². The lowest BCUT2D eigenvalue weighted by Crippen LogP contribution is -2.30. The van der Waals surface area contributed by atoms with Gasteiger partial charge in [-0.3, -0.25) is 9.10 Å². The summed E-state index contributed by atoms with van der Waals surface area (Å²) in [6.45, 7) is 0. The molecule has 0 atom stereocenters. The van der Waals surface area contributed by atoms with E-state index in [1.807, 2.05) is 6.07 Å². The van der Waals surface area contributed by atoms with Crippen molar-refractivity contribution < 1.29 is 17.9 Å². The van der Waals surface area contributed by atoms with Gasteiger partial charge in [-0.1, -0.05) is 0 Å². The second-order valence-electron chi connectivity index (χ2n) is 3.77. The first kappa shape index (κ1) is 15.0. The minimum Gasteiger partial charge on any atom is -0.469 e. The van der Waals surface area contributed by atoms with Crippen LogP contribution in [0.5, 0.6) is 0 Å². The lowest BCUT2D eigenvalue weighted by atomic mass is 10.2. The molecular weight excluding hydrogens is 268 g/mol. The Morgan fingerprint density at radius 2 is 1.95 bits per heavy atom. The largest absolute Gasteiger partial charge is 0.469 e. The van der Waals surface area contributed by atoms with Crippen molar-refractivity contribution in [2.24, 2.45) is 0 Å². The molecule has 1 rings (SSSR count). The summed E-state index contributed by atoms with van der Waals surface area (Å²) in [4.78, 5) is 11.0. The van der Waals surface area contributed by atoms with Crippen molar-refractivity contribution in [2.75, 3.05) is 24.2 Å². The van der Waals surface area contributed by atoms with Crippen molar-refractivity contribution >= 4 is 21.7 Å². The lowest BCUT2D eigenvalue weighted by Gasteiger charge is -2.19. The van der Waals surface area contributed by atoms with Gasteiger partial charge in [-0.2, -0.15) is 5.26 Å². The third kappa shape index (κ3) is 3.96. The third-order valence-corrected chi connectivity index (χ3v) is 4.33. The molecule has 0 fully saturated rings. The Morgan fingerprint density at radius 1 is 1.37 bits per heavy atom. The number of esters is 1. The van der Waals surface area contributed by atoms with Crippen molar-refractivity contribution in [1.29, 1.82) is 5.26 Å². The number of benzene rings is 1. The normalized spacial score (nSPS) is 10.6. The van der Waals surface area contributed by atoms with Gasteiger partial charge in [-0.05, 0) is 24.3 Å². The Kier molecular flexibility index (Phi) is 4.89. The summed E-state index contributed by atoms with van der Waals surface area (Å²) in [6.07, 6.45) is -0.195. The third-order valence-electron chi connectivity index (χ3n) is 2.57. The maximum atomic E-state index is 12.0. The Balaban J connectivity index is 2.82. The maximum absolute atomic E-state index is 12.0. The highest BCUT2D eigenvalue weighted by atomic mass is 32.2. The monoisotopic (exact) mass is 282 g/mol. The van der Waals surface area contributed by atoms with Crippen LogP contribution in [0.25, 0.3) is 0 Å². The van der Waals surface area contributed by atoms with E-state index in [0.29, 0.717) is 11.3 Å². The van der Waals surface area contributed by atoms with Crippen molar-refractivity contribution in [2.45, 2.75) is 6.42 Å². The van der Waals surface area contributed by atoms with Crippen LogP contribution >= 0.6 is 0 Å². The Hall–Kier alpha value is -2.07. The molecule has 0 heterocycles. The first-order chi connectivity index (χ1) is 8.90. The number of hydrogen-bond acceptors (Lipinski definition) is 5. The average molecular weight is 282 g/mol. The van der Waals surface area contributed by atoms with Crippen molar-refractivity contribution in [3.05, 3.63) is 29.8 Å². The van der Waals surface area contributed by atoms with E-state index in [1.54, 1.807) is 0 Å². The van der Waals surface area contributed by atoms with E-state index >= 15 is 0 Å². The van der Waals surface area contributed by atoms with Crippen LogP contribution in [0.3, 0.4) is 0 Å². The second-order valence-corrected chi connectivity index (χ2v) is 5.89. The molecule has 0 aromatic heterocycles. The van der Waals surface area contributed by atoms with Gasteiger partial charge in [-0.25, -0.2) is 8.42 Å². The molecule has 0 N–H and O–H groups in total. The summed E-state index contributed by atoms with van der Waals surface area (Å²) >= 11 is 0. The molecule has 0 saturated heterocycles. The number of hydrogen-bond donors (Lipinski definition) is 0. The van der Waals surface area contributed by atoms with E-state index in [9.17, 15) is 13.2 Å². The fraction of sp³-hybridized carbons (Fsp3) is 0.333. The van der Waals surface area contributed by atoms with Crippen molar-refractivity contribution in [1.82, 2.24) is 0 Å². The standard InChI is InChI=1S/C12H14N2O4S/c1-14(11-5-3-10(9-13)4-6-11)19(16,17)8-7-12(15)18-2/h3-6H,7-8H2,1-2H3. The molecule has 102 valence electrons. The summed E-state index contributed by atoms with van der Waals surface area (Å²) in [7, 11) is -0.984. The molecule has 0 radical (unpaired) electrons. The van der Waals surface area contributed by atoms with Gasteiger partial charge in [0.25, 0.3) is 0 Å². The minimum absolute atomic E-state index is 0.195. The fourth-order valence-electron chi connectivity index (χ4n) is 1.36. The van der Waals surface area contributed by atoms with Crippen molar-refractivity contribution in [3.8, 4) is 6.07 Å². The molecule has 1 aromatic rings. The topological polar surface area (TPSA) is 87.5 Å². The molecule has 0 saturated carbocycles. The van der Waals surface area contributed by atoms with Crippen molar-refractivity contribution in [3.63, 3.8) is 0 Å². The Morgan fingerprint density at radius 3 is 2.42 bits per heavy atom. The van der Waals surface area contributed by atoms with Gasteiger partial charge in [0.05, 0.1) is 36.6 Å². The minimum atomic E-state index is -3.59. The predicted octanol–water partition coefficient (Wildman–Crippen LogP) is 0.887. The fourth-order valence-corrected chi connectivity index (χ4v) is 2.50. The SMILES string of the molecule is COC(=O)CCS(=O)(=O)N(C)c1ccc(C#N)cc1. The molecule has 0 unspecified atom stereocenters. The van der Waals surface area contributed by atoms with Crippen LogP contribution in [0.2, 0.25) is 0 Å². The van der Waals surface area contributed by atoms with E-state index in [4.69, 9.17) is 5.26 Å². The first-order valence-electron chi connectivity index (χ1n) is 5.44. The molecule has 0 aliphatic carbocycles. The van der Waals surface area contributed by atoms with Gasteiger partial charge < -0.3 is 4.74 Å². The number of rotatable bonds is 5. The van der Waals surface area contributed by atoms with Gasteiger partial charge in [0.1, 0.15) is 0 Å². The number of nitriles is 1. The summed E-state index contributed by atoms with van der Waals surface area (Å²) < 4.78 is 29.4. The van der Waals surface area contributed by atoms with Gasteiger partial charge in [0.15, 0.2) is 0 Å². The Bertz CT molecular complexity index is 587. The predicted molar refractivity (Wildman–Crippen MR) is 70.0 cm³/mol. The van der Waals surface area contributed by atoms with E-state index in [1.165, 1.54) is 38.4 Å². The number of carbonyl (C=O) groups excluding carboxylic acids is 1. The number of nitrogens with zero attached hydrogens (tertiary/aromatic N) is 2. The highest BCUT2D eigenvalue weighted by Crippen LogP contribution is 2.17. The van der Waals surface area contributed by atoms with Gasteiger partial charge in [0.2, 0.25) is 10.0 Å². The summed E-state index contributed by atoms with van der Waals surface area (Å²) in [5.74, 6) is -0.896. The van der Waals surface area contributed by atoms with E-state index < -0.39 is 16.0 Å². The second kappa shape index (κ2) is 6.20. The molecule has 0 aliphatic heterocycles. The van der Waals surface area contributed by atoms with Gasteiger partial charge in [-0.15, -0.1) is 0 Å². The molecule has 7 heteroatoms. The molecule has 6 nitrogen and oxygen atoms in total. The molecule has 0 aliphatic rings. The zero-order valence-corrected chi connectivity index (χ0v) is 11.5. The van der Waals surface area contributed by atoms with Crippen LogP contribution in [0.1, 0.15) is 12.0 Å². The Labute approximate surface area is 112 Å². The quantitative estimate of drug-likeness (QED) is 0.748. The lowest BCUT2D eigenvalue weighted by molar-refractivity contribution is -0.140. The maximum Gasteiger partial charge on any atom is 0.306 e. The van der Waals surface area contributed by atoms with Crippen LogP contribution in [0.15, 0.2) is 24.3 Å². The number of ether oxygens (including phenoxy) is 1. The van der Waals surface area contributed by atoms with E-state index in [-0.39, 0.29) is 12.2 Å². The zero-order chi connectivity index (χ0) is 14.5. The average Bonchev–Trinajstić information content (AvgIpc) is 2.44. The molecular formula is C12H14N2O4S. The van der Waals surface area contributed by atoms with Crippen LogP contribution in [-0.4, -0.2) is 34.3 Å². The van der Waals surface area contributed by atoms with Crippen LogP contribution in [0, 0.1) is 11.3 Å². The number of anilines is 1. The highest BCUT2D eigenvalue weighted by molar-refractivity contribution is 7.92. The zero-order valence-electron chi connectivity index (χ0n) is 10.7. The number of sulfonamides is 1. The molecule has 19 heavy (non-hydrogen) atoms. The first-order valence-corrected chi connectivity index (χ1v) is 7.05. The smallest absolute Gasteiger partial charge is 0.306 e. The van der Waals surface area contributed by atoms with Crippen LogP contribution in [0.4, 0.5) is 5.69 Å². The summed E-state index contributed by atoms with van der Waals surface area (Å²) in [5.41, 5.74) is 0.882. The number of carbonyl (C=O) groups is 1. The molecule has 0 bridgehead atoms. The van der Waals surface area contributed by atoms with E-state index in [2.05, 4.69) is 4.74 Å². The number of methoxy groups -OCH3 is 1. The van der Waals surface area contributed by atoms with Crippen LogP contribution < -0.4 is 4.31 Å². The van der Waals surface area contributed by atoms with Gasteiger partial charge in [0, 0.05) is 7.05 Å². The van der Waals surface area contributed by atoms with Gasteiger partial charge >= 0.3 is 5.97 Å². The molecule has 0 amide bonds. The highest BCUT2D eigenvalue weighted by Gasteiger charge is 2.20. The summed E-state index contributed by atoms with van der Waals surface area (Å²) in [5, 5.41) is 8.67. The summed E-state index contributed by atoms with van der Waals surface area (Å²) in [6, 6.07) is 8.08.